The Kier molecular flexibility index (Phi) is 10.9. The first-order valence-electron chi connectivity index (χ1n) is 23.6. The third kappa shape index (κ3) is 8.00. The van der Waals surface area contributed by atoms with Gasteiger partial charge in [0, 0.05) is 34.1 Å². The third-order valence-electron chi connectivity index (χ3n) is 14.1. The molecule has 0 aromatic heterocycles. The summed E-state index contributed by atoms with van der Waals surface area (Å²) in [4.78, 5) is 2.42. The van der Waals surface area contributed by atoms with Crippen LogP contribution in [0.5, 0.6) is 0 Å². The quantitative estimate of drug-likeness (QED) is 0.147. The first kappa shape index (κ1) is 41.7. The van der Waals surface area contributed by atoms with Crippen molar-refractivity contribution in [2.24, 2.45) is 0 Å². The van der Waals surface area contributed by atoms with E-state index in [2.05, 4.69) is 275 Å². The molecule has 9 aromatic carbocycles. The van der Waals surface area contributed by atoms with Crippen LogP contribution in [0.15, 0.2) is 237 Å². The van der Waals surface area contributed by atoms with Crippen LogP contribution in [-0.4, -0.2) is 6.04 Å². The van der Waals surface area contributed by atoms with Crippen LogP contribution in [0.4, 0.5) is 22.7 Å². The standard InChI is InChI=1S/C65H54N2/c1-44-40-52(60-42-51(48-20-12-7-13-21-48)29-39-64(60)66-53-30-24-49(25-31-53)46-16-8-5-9-17-46)28-36-57(44)58-37-34-55(41-45(58)2)67(54-32-26-50(27-33-54)47-18-10-6-11-19-47)56-35-38-63-61(43-56)59-22-14-15-23-62(59)65(63,3)4/h5-43,60,64,66H,1-4H3. The molecule has 0 bridgehead atoms. The number of hydrogen-bond acceptors (Lipinski definition) is 2. The van der Waals surface area contributed by atoms with Gasteiger partial charge in [-0.2, -0.15) is 0 Å². The van der Waals surface area contributed by atoms with E-state index in [0.29, 0.717) is 0 Å². The van der Waals surface area contributed by atoms with E-state index in [1.807, 2.05) is 0 Å². The van der Waals surface area contributed by atoms with E-state index in [9.17, 15) is 0 Å². The highest BCUT2D eigenvalue weighted by Gasteiger charge is 2.35. The number of hydrogen-bond donors (Lipinski definition) is 1. The maximum atomic E-state index is 3.90. The fraction of sp³-hybridized carbons (Fsp3) is 0.108. The third-order valence-corrected chi connectivity index (χ3v) is 14.1. The van der Waals surface area contributed by atoms with Gasteiger partial charge < -0.3 is 10.2 Å². The molecule has 2 unspecified atom stereocenters. The average Bonchev–Trinajstić information content (AvgIpc) is 3.60. The Morgan fingerprint density at radius 3 is 1.57 bits per heavy atom. The normalized spacial score (nSPS) is 15.6. The van der Waals surface area contributed by atoms with Crippen molar-refractivity contribution in [2.75, 3.05) is 10.2 Å². The van der Waals surface area contributed by atoms with Gasteiger partial charge in [0.25, 0.3) is 0 Å². The molecule has 2 aliphatic carbocycles. The van der Waals surface area contributed by atoms with E-state index in [1.54, 1.807) is 0 Å². The molecule has 0 radical (unpaired) electrons. The zero-order valence-electron chi connectivity index (χ0n) is 38.6. The summed E-state index contributed by atoms with van der Waals surface area (Å²) in [6, 6.07) is 79.9. The summed E-state index contributed by atoms with van der Waals surface area (Å²) in [7, 11) is 0. The molecule has 2 aliphatic rings. The Bertz CT molecular complexity index is 3290. The molecule has 0 saturated heterocycles. The van der Waals surface area contributed by atoms with E-state index >= 15 is 0 Å². The highest BCUT2D eigenvalue weighted by Crippen LogP contribution is 2.51. The molecule has 67 heavy (non-hydrogen) atoms. The Morgan fingerprint density at radius 1 is 0.418 bits per heavy atom. The molecular formula is C65H54N2. The van der Waals surface area contributed by atoms with Crippen LogP contribution in [0.25, 0.3) is 50.1 Å². The van der Waals surface area contributed by atoms with Crippen LogP contribution < -0.4 is 10.2 Å². The maximum absolute atomic E-state index is 3.90. The van der Waals surface area contributed by atoms with Gasteiger partial charge in [-0.3, -0.25) is 0 Å². The van der Waals surface area contributed by atoms with Gasteiger partial charge in [-0.15, -0.1) is 0 Å². The van der Waals surface area contributed by atoms with Gasteiger partial charge in [0.1, 0.15) is 0 Å². The molecule has 324 valence electrons. The lowest BCUT2D eigenvalue weighted by Gasteiger charge is -2.29. The summed E-state index contributed by atoms with van der Waals surface area (Å²) in [5.74, 6) is 0.122. The van der Waals surface area contributed by atoms with Crippen LogP contribution in [0.1, 0.15) is 53.1 Å². The summed E-state index contributed by atoms with van der Waals surface area (Å²) < 4.78 is 0. The lowest BCUT2D eigenvalue weighted by atomic mass is 9.82. The van der Waals surface area contributed by atoms with E-state index in [0.717, 1.165) is 22.7 Å². The zero-order chi connectivity index (χ0) is 45.5. The predicted octanol–water partition coefficient (Wildman–Crippen LogP) is 17.3. The minimum atomic E-state index is -0.0566. The first-order chi connectivity index (χ1) is 32.8. The summed E-state index contributed by atoms with van der Waals surface area (Å²) in [5.41, 5.74) is 23.5. The number of allylic oxidation sites excluding steroid dienone is 2. The summed E-state index contributed by atoms with van der Waals surface area (Å²) in [6.07, 6.45) is 7.06. The van der Waals surface area contributed by atoms with Gasteiger partial charge in [-0.25, -0.2) is 0 Å². The van der Waals surface area contributed by atoms with Crippen LogP contribution in [-0.2, 0) is 5.41 Å². The molecule has 0 aliphatic heterocycles. The van der Waals surface area contributed by atoms with Gasteiger partial charge in [0.2, 0.25) is 0 Å². The molecule has 0 spiro atoms. The molecule has 1 N–H and O–H groups in total. The minimum absolute atomic E-state index is 0.0566. The van der Waals surface area contributed by atoms with Crippen molar-refractivity contribution in [1.82, 2.24) is 0 Å². The topological polar surface area (TPSA) is 15.3 Å². The lowest BCUT2D eigenvalue weighted by molar-refractivity contribution is 0.660. The second-order valence-electron chi connectivity index (χ2n) is 18.7. The van der Waals surface area contributed by atoms with Crippen molar-refractivity contribution in [1.29, 1.82) is 0 Å². The Hall–Kier alpha value is -7.94. The SMILES string of the molecule is Cc1cc(C2C=C(c3ccccc3)C=CC2Nc2ccc(-c3ccccc3)cc2)ccc1-c1ccc(N(c2ccc(-c3ccccc3)cc2)c2ccc3c(c2)-c2ccccc2C3(C)C)cc1C. The van der Waals surface area contributed by atoms with Crippen molar-refractivity contribution in [3.8, 4) is 44.5 Å². The molecule has 11 rings (SSSR count). The molecule has 0 heterocycles. The number of aryl methyl sites for hydroxylation is 2. The fourth-order valence-electron chi connectivity index (χ4n) is 10.5. The number of rotatable bonds is 10. The molecule has 2 nitrogen and oxygen atoms in total. The van der Waals surface area contributed by atoms with E-state index in [4.69, 9.17) is 0 Å². The highest BCUT2D eigenvalue weighted by molar-refractivity contribution is 5.88. The van der Waals surface area contributed by atoms with Crippen molar-refractivity contribution < 1.29 is 0 Å². The average molecular weight is 863 g/mol. The van der Waals surface area contributed by atoms with Crippen molar-refractivity contribution in [2.45, 2.75) is 45.1 Å². The molecule has 0 saturated carbocycles. The molecule has 0 fully saturated rings. The second kappa shape index (κ2) is 17.5. The number of fused-ring (bicyclic) bond motifs is 3. The number of benzene rings is 9. The molecule has 9 aromatic rings. The lowest BCUT2D eigenvalue weighted by Crippen LogP contribution is -2.26. The van der Waals surface area contributed by atoms with E-state index in [1.165, 1.54) is 83.5 Å². The van der Waals surface area contributed by atoms with Gasteiger partial charge in [0.05, 0.1) is 6.04 Å². The largest absolute Gasteiger partial charge is 0.378 e. The Labute approximate surface area is 396 Å². The smallest absolute Gasteiger partial charge is 0.0551 e. The van der Waals surface area contributed by atoms with Crippen molar-refractivity contribution in [3.63, 3.8) is 0 Å². The predicted molar refractivity (Wildman–Crippen MR) is 285 cm³/mol. The molecular weight excluding hydrogens is 809 g/mol. The number of anilines is 4. The Morgan fingerprint density at radius 2 is 0.925 bits per heavy atom. The van der Waals surface area contributed by atoms with Crippen LogP contribution in [0, 0.1) is 13.8 Å². The summed E-state index contributed by atoms with van der Waals surface area (Å²) >= 11 is 0. The first-order valence-corrected chi connectivity index (χ1v) is 23.6. The van der Waals surface area contributed by atoms with Gasteiger partial charge in [-0.1, -0.05) is 202 Å². The Balaban J connectivity index is 0.933. The maximum Gasteiger partial charge on any atom is 0.0551 e. The fourth-order valence-corrected chi connectivity index (χ4v) is 10.5. The van der Waals surface area contributed by atoms with Gasteiger partial charge in [0.15, 0.2) is 0 Å². The van der Waals surface area contributed by atoms with Crippen LogP contribution in [0.3, 0.4) is 0 Å². The monoisotopic (exact) mass is 862 g/mol. The zero-order valence-corrected chi connectivity index (χ0v) is 38.6. The molecule has 2 heteroatoms. The second-order valence-corrected chi connectivity index (χ2v) is 18.7. The van der Waals surface area contributed by atoms with Gasteiger partial charge >= 0.3 is 0 Å². The van der Waals surface area contributed by atoms with Crippen LogP contribution >= 0.6 is 0 Å². The molecule has 0 amide bonds. The minimum Gasteiger partial charge on any atom is -0.378 e. The number of nitrogens with zero attached hydrogens (tertiary/aromatic N) is 1. The number of nitrogens with one attached hydrogen (secondary N) is 1. The summed E-state index contributed by atoms with van der Waals surface area (Å²) in [6.45, 7) is 9.22. The van der Waals surface area contributed by atoms with E-state index < -0.39 is 0 Å². The van der Waals surface area contributed by atoms with Crippen molar-refractivity contribution in [3.05, 3.63) is 270 Å². The summed E-state index contributed by atoms with van der Waals surface area (Å²) in [5, 5.41) is 3.90. The van der Waals surface area contributed by atoms with E-state index in [-0.39, 0.29) is 17.4 Å². The highest BCUT2D eigenvalue weighted by atomic mass is 15.1. The van der Waals surface area contributed by atoms with Crippen LogP contribution in [0.2, 0.25) is 0 Å². The van der Waals surface area contributed by atoms with Gasteiger partial charge in [-0.05, 0) is 146 Å². The molecule has 2 atom stereocenters. The van der Waals surface area contributed by atoms with Crippen molar-refractivity contribution >= 4 is 28.3 Å².